The van der Waals surface area contributed by atoms with E-state index in [0.29, 0.717) is 5.39 Å². The second-order valence-electron chi connectivity index (χ2n) is 2.80. The van der Waals surface area contributed by atoms with Gasteiger partial charge >= 0.3 is 5.63 Å². The van der Waals surface area contributed by atoms with E-state index in [4.69, 9.17) is 4.42 Å². The van der Waals surface area contributed by atoms with Gasteiger partial charge in [0.25, 0.3) is 0 Å². The summed E-state index contributed by atoms with van der Waals surface area (Å²) in [5.41, 5.74) is 0.803. The molecular formula is C10H8O2. The minimum Gasteiger partial charge on any atom is -0.431 e. The first-order valence-corrected chi connectivity index (χ1v) is 3.75. The number of aryl methyl sites for hydroxylation is 1. The zero-order chi connectivity index (χ0) is 8.55. The van der Waals surface area contributed by atoms with Crippen LogP contribution in [0.2, 0.25) is 0 Å². The molecule has 2 aromatic rings. The molecule has 12 heavy (non-hydrogen) atoms. The van der Waals surface area contributed by atoms with Crippen LogP contribution in [0.3, 0.4) is 0 Å². The van der Waals surface area contributed by atoms with Crippen LogP contribution in [0.1, 0.15) is 5.56 Å². The Balaban J connectivity index is 2.98. The molecule has 1 aromatic carbocycles. The zero-order valence-corrected chi connectivity index (χ0v) is 6.70. The lowest BCUT2D eigenvalue weighted by Gasteiger charge is -1.95. The van der Waals surface area contributed by atoms with E-state index < -0.39 is 0 Å². The summed E-state index contributed by atoms with van der Waals surface area (Å²) >= 11 is 0. The SMILES string of the molecule is Cc1ccc2ccoc(=O)c2c1. The Kier molecular flexibility index (Phi) is 1.47. The highest BCUT2D eigenvalue weighted by Gasteiger charge is 1.97. The van der Waals surface area contributed by atoms with Gasteiger partial charge in [-0.25, -0.2) is 4.79 Å². The number of hydrogen-bond acceptors (Lipinski definition) is 2. The highest BCUT2D eigenvalue weighted by molar-refractivity contribution is 5.81. The molecule has 0 radical (unpaired) electrons. The Hall–Kier alpha value is -1.57. The summed E-state index contributed by atoms with van der Waals surface area (Å²) < 4.78 is 4.74. The summed E-state index contributed by atoms with van der Waals surface area (Å²) in [5.74, 6) is 0. The van der Waals surface area contributed by atoms with Gasteiger partial charge in [0.1, 0.15) is 0 Å². The minimum absolute atomic E-state index is 0.267. The van der Waals surface area contributed by atoms with Gasteiger partial charge in [-0.1, -0.05) is 17.7 Å². The van der Waals surface area contributed by atoms with Crippen LogP contribution < -0.4 is 5.63 Å². The first kappa shape index (κ1) is 7.10. The molecule has 0 amide bonds. The van der Waals surface area contributed by atoms with Gasteiger partial charge in [0, 0.05) is 0 Å². The summed E-state index contributed by atoms with van der Waals surface area (Å²) in [6.45, 7) is 1.95. The molecule has 0 N–H and O–H groups in total. The van der Waals surface area contributed by atoms with Crippen molar-refractivity contribution in [3.8, 4) is 0 Å². The fourth-order valence-corrected chi connectivity index (χ4v) is 1.22. The van der Waals surface area contributed by atoms with Crippen molar-refractivity contribution in [2.75, 3.05) is 0 Å². The molecule has 0 saturated heterocycles. The van der Waals surface area contributed by atoms with Crippen LogP contribution in [0, 0.1) is 6.92 Å². The van der Waals surface area contributed by atoms with Gasteiger partial charge in [0.05, 0.1) is 11.6 Å². The third-order valence-corrected chi connectivity index (χ3v) is 1.85. The molecule has 0 atom stereocenters. The predicted molar refractivity (Wildman–Crippen MR) is 47.2 cm³/mol. The van der Waals surface area contributed by atoms with Gasteiger partial charge in [-0.3, -0.25) is 0 Å². The molecular weight excluding hydrogens is 152 g/mol. The van der Waals surface area contributed by atoms with Crippen LogP contribution in [0.25, 0.3) is 10.8 Å². The van der Waals surface area contributed by atoms with Gasteiger partial charge in [-0.05, 0) is 24.4 Å². The Bertz CT molecular complexity index is 468. The third kappa shape index (κ3) is 1.01. The van der Waals surface area contributed by atoms with Crippen LogP contribution in [-0.4, -0.2) is 0 Å². The predicted octanol–water partition coefficient (Wildman–Crippen LogP) is 2.10. The summed E-state index contributed by atoms with van der Waals surface area (Å²) in [6, 6.07) is 7.51. The van der Waals surface area contributed by atoms with E-state index in [0.717, 1.165) is 10.9 Å². The first-order valence-electron chi connectivity index (χ1n) is 3.75. The molecule has 0 unspecified atom stereocenters. The Morgan fingerprint density at radius 2 is 2.08 bits per heavy atom. The van der Waals surface area contributed by atoms with Crippen molar-refractivity contribution in [3.05, 3.63) is 46.5 Å². The lowest BCUT2D eigenvalue weighted by atomic mass is 10.1. The number of fused-ring (bicyclic) bond motifs is 1. The van der Waals surface area contributed by atoms with Crippen molar-refractivity contribution in [2.24, 2.45) is 0 Å². The largest absolute Gasteiger partial charge is 0.431 e. The van der Waals surface area contributed by atoms with E-state index in [9.17, 15) is 4.79 Å². The Labute approximate surface area is 69.4 Å². The average molecular weight is 160 g/mol. The molecule has 0 saturated carbocycles. The van der Waals surface area contributed by atoms with Gasteiger partial charge in [-0.2, -0.15) is 0 Å². The average Bonchev–Trinajstić information content (AvgIpc) is 2.07. The zero-order valence-electron chi connectivity index (χ0n) is 6.70. The number of rotatable bonds is 0. The van der Waals surface area contributed by atoms with Crippen molar-refractivity contribution < 1.29 is 4.42 Å². The standard InChI is InChI=1S/C10H8O2/c1-7-2-3-8-4-5-12-10(11)9(8)6-7/h2-6H,1H3. The highest BCUT2D eigenvalue weighted by Crippen LogP contribution is 2.10. The van der Waals surface area contributed by atoms with Crippen LogP contribution in [0.4, 0.5) is 0 Å². The van der Waals surface area contributed by atoms with Crippen molar-refractivity contribution in [1.29, 1.82) is 0 Å². The van der Waals surface area contributed by atoms with E-state index in [1.54, 1.807) is 6.07 Å². The van der Waals surface area contributed by atoms with Crippen molar-refractivity contribution in [1.82, 2.24) is 0 Å². The summed E-state index contributed by atoms with van der Waals surface area (Å²) in [5, 5.41) is 1.58. The van der Waals surface area contributed by atoms with E-state index in [-0.39, 0.29) is 5.63 Å². The summed E-state index contributed by atoms with van der Waals surface area (Å²) in [6.07, 6.45) is 1.42. The maximum Gasteiger partial charge on any atom is 0.343 e. The van der Waals surface area contributed by atoms with E-state index in [1.165, 1.54) is 6.26 Å². The smallest absolute Gasteiger partial charge is 0.343 e. The quantitative estimate of drug-likeness (QED) is 0.590. The number of hydrogen-bond donors (Lipinski definition) is 0. The molecule has 0 aliphatic heterocycles. The van der Waals surface area contributed by atoms with Crippen LogP contribution in [0.15, 0.2) is 39.7 Å². The summed E-state index contributed by atoms with van der Waals surface area (Å²) in [4.78, 5) is 11.2. The van der Waals surface area contributed by atoms with Crippen molar-refractivity contribution in [2.45, 2.75) is 6.92 Å². The lowest BCUT2D eigenvalue weighted by molar-refractivity contribution is 0.519. The van der Waals surface area contributed by atoms with Gasteiger partial charge in [-0.15, -0.1) is 0 Å². The molecule has 0 aliphatic carbocycles. The van der Waals surface area contributed by atoms with Crippen LogP contribution in [-0.2, 0) is 0 Å². The Morgan fingerprint density at radius 1 is 1.25 bits per heavy atom. The van der Waals surface area contributed by atoms with E-state index >= 15 is 0 Å². The maximum atomic E-state index is 11.2. The molecule has 2 nitrogen and oxygen atoms in total. The molecule has 2 rings (SSSR count). The van der Waals surface area contributed by atoms with Crippen molar-refractivity contribution >= 4 is 10.8 Å². The lowest BCUT2D eigenvalue weighted by Crippen LogP contribution is -1.97. The fraction of sp³-hybridized carbons (Fsp3) is 0.100. The topological polar surface area (TPSA) is 30.2 Å². The summed E-state index contributed by atoms with van der Waals surface area (Å²) in [7, 11) is 0. The molecule has 2 heteroatoms. The highest BCUT2D eigenvalue weighted by atomic mass is 16.4. The molecule has 1 heterocycles. The van der Waals surface area contributed by atoms with Gasteiger partial charge < -0.3 is 4.42 Å². The van der Waals surface area contributed by atoms with E-state index in [1.807, 2.05) is 25.1 Å². The second kappa shape index (κ2) is 2.48. The third-order valence-electron chi connectivity index (χ3n) is 1.85. The minimum atomic E-state index is -0.267. The van der Waals surface area contributed by atoms with Gasteiger partial charge in [0.15, 0.2) is 0 Å². The van der Waals surface area contributed by atoms with Crippen LogP contribution in [0.5, 0.6) is 0 Å². The molecule has 0 spiro atoms. The molecule has 60 valence electrons. The van der Waals surface area contributed by atoms with Crippen LogP contribution >= 0.6 is 0 Å². The van der Waals surface area contributed by atoms with Crippen molar-refractivity contribution in [3.63, 3.8) is 0 Å². The second-order valence-corrected chi connectivity index (χ2v) is 2.80. The number of benzene rings is 1. The van der Waals surface area contributed by atoms with E-state index in [2.05, 4.69) is 0 Å². The maximum absolute atomic E-state index is 11.2. The molecule has 0 fully saturated rings. The monoisotopic (exact) mass is 160 g/mol. The van der Waals surface area contributed by atoms with Gasteiger partial charge in [0.2, 0.25) is 0 Å². The molecule has 0 aliphatic rings. The normalized spacial score (nSPS) is 10.4. The molecule has 1 aromatic heterocycles. The fourth-order valence-electron chi connectivity index (χ4n) is 1.22. The Morgan fingerprint density at radius 3 is 2.92 bits per heavy atom. The molecule has 0 bridgehead atoms. The first-order chi connectivity index (χ1) is 5.77.